The lowest BCUT2D eigenvalue weighted by Crippen LogP contribution is -2.41. The lowest BCUT2D eigenvalue weighted by Gasteiger charge is -2.28. The molecule has 0 bridgehead atoms. The summed E-state index contributed by atoms with van der Waals surface area (Å²) >= 11 is 0. The van der Waals surface area contributed by atoms with Crippen molar-refractivity contribution in [1.29, 1.82) is 0 Å². The summed E-state index contributed by atoms with van der Waals surface area (Å²) in [5, 5.41) is 0. The van der Waals surface area contributed by atoms with Gasteiger partial charge in [-0.3, -0.25) is 4.79 Å². The van der Waals surface area contributed by atoms with Gasteiger partial charge in [0.25, 0.3) is 0 Å². The fourth-order valence-corrected chi connectivity index (χ4v) is 1.34. The van der Waals surface area contributed by atoms with E-state index in [2.05, 4.69) is 0 Å². The molecule has 1 saturated heterocycles. The second-order valence-corrected chi connectivity index (χ2v) is 2.83. The Bertz CT molecular complexity index is 136. The van der Waals surface area contributed by atoms with Gasteiger partial charge in [-0.05, 0) is 12.8 Å². The fraction of sp³-hybridized carbons (Fsp3) is 0.857. The molecule has 1 aliphatic rings. The Labute approximate surface area is 61.2 Å². The molecule has 1 heterocycles. The van der Waals surface area contributed by atoms with E-state index < -0.39 is 0 Å². The third-order valence-electron chi connectivity index (χ3n) is 2.06. The zero-order valence-corrected chi connectivity index (χ0v) is 6.34. The van der Waals surface area contributed by atoms with E-state index in [1.165, 1.54) is 0 Å². The van der Waals surface area contributed by atoms with E-state index in [1.807, 2.05) is 7.05 Å². The Kier molecular flexibility index (Phi) is 2.27. The molecule has 0 aromatic rings. The number of hydrogen-bond acceptors (Lipinski definition) is 2. The molecule has 3 heteroatoms. The minimum Gasteiger partial charge on any atom is -0.345 e. The average Bonchev–Trinajstić information content (AvgIpc) is 1.95. The van der Waals surface area contributed by atoms with Gasteiger partial charge in [-0.25, -0.2) is 0 Å². The van der Waals surface area contributed by atoms with Crippen LogP contribution in [0.25, 0.3) is 0 Å². The van der Waals surface area contributed by atoms with E-state index in [0.717, 1.165) is 19.4 Å². The number of likely N-dealkylation sites (tertiary alicyclic amines) is 1. The third kappa shape index (κ3) is 1.29. The van der Waals surface area contributed by atoms with Crippen LogP contribution >= 0.6 is 0 Å². The topological polar surface area (TPSA) is 46.3 Å². The van der Waals surface area contributed by atoms with Crippen molar-refractivity contribution in [1.82, 2.24) is 4.90 Å². The summed E-state index contributed by atoms with van der Waals surface area (Å²) in [6.45, 7) is 1.40. The molecule has 1 amide bonds. The molecule has 1 aliphatic heterocycles. The van der Waals surface area contributed by atoms with Crippen LogP contribution in [0.3, 0.4) is 0 Å². The number of piperidine rings is 1. The predicted molar refractivity (Wildman–Crippen MR) is 39.4 cm³/mol. The number of rotatable bonds is 1. The van der Waals surface area contributed by atoms with Gasteiger partial charge in [-0.1, -0.05) is 0 Å². The summed E-state index contributed by atoms with van der Waals surface area (Å²) in [4.78, 5) is 13.0. The number of carbonyl (C=O) groups excluding carboxylic acids is 1. The molecule has 0 aromatic heterocycles. The molecule has 1 rings (SSSR count). The van der Waals surface area contributed by atoms with Crippen molar-refractivity contribution < 1.29 is 4.79 Å². The minimum absolute atomic E-state index is 0.0961. The van der Waals surface area contributed by atoms with Gasteiger partial charge in [0.15, 0.2) is 0 Å². The minimum atomic E-state index is 0.0961. The van der Waals surface area contributed by atoms with Crippen molar-refractivity contribution in [2.75, 3.05) is 20.1 Å². The van der Waals surface area contributed by atoms with Gasteiger partial charge in [-0.2, -0.15) is 0 Å². The van der Waals surface area contributed by atoms with Crippen LogP contribution in [-0.2, 0) is 4.79 Å². The molecule has 0 aromatic carbocycles. The Hall–Kier alpha value is -0.570. The highest BCUT2D eigenvalue weighted by Crippen LogP contribution is 2.14. The zero-order chi connectivity index (χ0) is 7.56. The molecule has 1 atom stereocenters. The van der Waals surface area contributed by atoms with Crippen molar-refractivity contribution in [2.45, 2.75) is 12.8 Å². The van der Waals surface area contributed by atoms with Gasteiger partial charge in [0.2, 0.25) is 5.91 Å². The van der Waals surface area contributed by atoms with Crippen LogP contribution in [-0.4, -0.2) is 30.9 Å². The Morgan fingerprint density at radius 1 is 1.80 bits per heavy atom. The summed E-state index contributed by atoms with van der Waals surface area (Å²) in [5.74, 6) is 0.312. The lowest BCUT2D eigenvalue weighted by atomic mass is 9.98. The Balaban J connectivity index is 2.51. The van der Waals surface area contributed by atoms with Gasteiger partial charge >= 0.3 is 0 Å². The number of hydrogen-bond donors (Lipinski definition) is 1. The maximum Gasteiger partial charge on any atom is 0.226 e. The summed E-state index contributed by atoms with van der Waals surface area (Å²) in [7, 11) is 1.84. The fourth-order valence-electron chi connectivity index (χ4n) is 1.34. The third-order valence-corrected chi connectivity index (χ3v) is 2.06. The highest BCUT2D eigenvalue weighted by Gasteiger charge is 2.24. The zero-order valence-electron chi connectivity index (χ0n) is 6.34. The monoisotopic (exact) mass is 142 g/mol. The first-order valence-corrected chi connectivity index (χ1v) is 3.70. The SMILES string of the molecule is CN1CCCC(CN)C1=O. The first-order chi connectivity index (χ1) is 4.75. The molecule has 58 valence electrons. The molecule has 1 fully saturated rings. The van der Waals surface area contributed by atoms with E-state index >= 15 is 0 Å². The largest absolute Gasteiger partial charge is 0.345 e. The predicted octanol–water partition coefficient (Wildman–Crippen LogP) is -0.186. The van der Waals surface area contributed by atoms with Gasteiger partial charge in [-0.15, -0.1) is 0 Å². The van der Waals surface area contributed by atoms with Crippen molar-refractivity contribution in [2.24, 2.45) is 11.7 Å². The van der Waals surface area contributed by atoms with E-state index in [4.69, 9.17) is 5.73 Å². The second kappa shape index (κ2) is 3.01. The van der Waals surface area contributed by atoms with E-state index in [-0.39, 0.29) is 11.8 Å². The van der Waals surface area contributed by atoms with Crippen LogP contribution < -0.4 is 5.73 Å². The molecule has 2 N–H and O–H groups in total. The molecule has 1 unspecified atom stereocenters. The van der Waals surface area contributed by atoms with Crippen LogP contribution in [0.5, 0.6) is 0 Å². The quantitative estimate of drug-likeness (QED) is 0.551. The maximum atomic E-state index is 11.2. The summed E-state index contributed by atoms with van der Waals surface area (Å²) < 4.78 is 0. The molecule has 0 spiro atoms. The molecular formula is C7H14N2O. The first-order valence-electron chi connectivity index (χ1n) is 3.70. The normalized spacial score (nSPS) is 27.2. The molecule has 0 saturated carbocycles. The second-order valence-electron chi connectivity index (χ2n) is 2.83. The number of nitrogens with zero attached hydrogens (tertiary/aromatic N) is 1. The maximum absolute atomic E-state index is 11.2. The highest BCUT2D eigenvalue weighted by molar-refractivity contribution is 5.79. The number of amides is 1. The van der Waals surface area contributed by atoms with Gasteiger partial charge in [0.1, 0.15) is 0 Å². The number of carbonyl (C=O) groups is 1. The highest BCUT2D eigenvalue weighted by atomic mass is 16.2. The molecule has 0 aliphatic carbocycles. The molecule has 3 nitrogen and oxygen atoms in total. The van der Waals surface area contributed by atoms with Crippen molar-refractivity contribution in [3.63, 3.8) is 0 Å². The van der Waals surface area contributed by atoms with Crippen LogP contribution in [0.1, 0.15) is 12.8 Å². The van der Waals surface area contributed by atoms with Gasteiger partial charge in [0.05, 0.1) is 5.92 Å². The van der Waals surface area contributed by atoms with Crippen LogP contribution in [0, 0.1) is 5.92 Å². The van der Waals surface area contributed by atoms with Crippen molar-refractivity contribution in [3.8, 4) is 0 Å². The Morgan fingerprint density at radius 3 is 3.00 bits per heavy atom. The molecular weight excluding hydrogens is 128 g/mol. The lowest BCUT2D eigenvalue weighted by molar-refractivity contribution is -0.136. The van der Waals surface area contributed by atoms with Gasteiger partial charge in [0, 0.05) is 20.1 Å². The van der Waals surface area contributed by atoms with E-state index in [1.54, 1.807) is 4.90 Å². The van der Waals surface area contributed by atoms with Crippen molar-refractivity contribution >= 4 is 5.91 Å². The smallest absolute Gasteiger partial charge is 0.226 e. The van der Waals surface area contributed by atoms with E-state index in [9.17, 15) is 4.79 Å². The van der Waals surface area contributed by atoms with Crippen LogP contribution in [0.2, 0.25) is 0 Å². The molecule has 0 radical (unpaired) electrons. The summed E-state index contributed by atoms with van der Waals surface area (Å²) in [5.41, 5.74) is 5.41. The first kappa shape index (κ1) is 7.54. The van der Waals surface area contributed by atoms with Crippen molar-refractivity contribution in [3.05, 3.63) is 0 Å². The van der Waals surface area contributed by atoms with Crippen LogP contribution in [0.4, 0.5) is 0 Å². The number of nitrogens with two attached hydrogens (primary N) is 1. The summed E-state index contributed by atoms with van der Waals surface area (Å²) in [6, 6.07) is 0. The van der Waals surface area contributed by atoms with E-state index in [0.29, 0.717) is 6.54 Å². The standard InChI is InChI=1S/C7H14N2O/c1-9-4-2-3-6(5-8)7(9)10/h6H,2-5,8H2,1H3. The summed E-state index contributed by atoms with van der Waals surface area (Å²) in [6.07, 6.45) is 2.07. The Morgan fingerprint density at radius 2 is 2.50 bits per heavy atom. The van der Waals surface area contributed by atoms with Gasteiger partial charge < -0.3 is 10.6 Å². The van der Waals surface area contributed by atoms with Crippen LogP contribution in [0.15, 0.2) is 0 Å². The average molecular weight is 142 g/mol. The molecule has 10 heavy (non-hydrogen) atoms.